The van der Waals surface area contributed by atoms with E-state index in [1.807, 2.05) is 24.3 Å². The van der Waals surface area contributed by atoms with Gasteiger partial charge in [0.15, 0.2) is 0 Å². The lowest BCUT2D eigenvalue weighted by Gasteiger charge is -2.03. The Kier molecular flexibility index (Phi) is 5.15. The Morgan fingerprint density at radius 3 is 2.71 bits per heavy atom. The molecule has 0 aliphatic rings. The highest BCUT2D eigenvalue weighted by atomic mass is 35.5. The molecule has 2 aromatic heterocycles. The standard InChI is InChI=1S/C20H13ClN4O2S/c1-26-15-5-2-12(3-6-15)8-18-24-25-20(27-18)28-19-9-13(11-22)16-10-14(21)4-7-17(16)23-19/h2-7,9-10H,8H2,1H3. The summed E-state index contributed by atoms with van der Waals surface area (Å²) in [5.41, 5.74) is 2.21. The van der Waals surface area contributed by atoms with Crippen molar-refractivity contribution in [2.24, 2.45) is 0 Å². The Labute approximate surface area is 170 Å². The van der Waals surface area contributed by atoms with Gasteiger partial charge in [-0.25, -0.2) is 4.98 Å². The zero-order valence-electron chi connectivity index (χ0n) is 14.7. The van der Waals surface area contributed by atoms with Gasteiger partial charge in [0.1, 0.15) is 10.8 Å². The minimum absolute atomic E-state index is 0.369. The van der Waals surface area contributed by atoms with Crippen molar-refractivity contribution >= 4 is 34.3 Å². The maximum Gasteiger partial charge on any atom is 0.282 e. The Bertz CT molecular complexity index is 1190. The molecule has 2 aromatic carbocycles. The summed E-state index contributed by atoms with van der Waals surface area (Å²) in [6.07, 6.45) is 0.518. The zero-order valence-corrected chi connectivity index (χ0v) is 16.3. The molecule has 0 N–H and O–H groups in total. The molecule has 0 atom stereocenters. The first-order valence-electron chi connectivity index (χ1n) is 8.28. The van der Waals surface area contributed by atoms with E-state index in [0.29, 0.717) is 44.0 Å². The van der Waals surface area contributed by atoms with Crippen LogP contribution < -0.4 is 4.74 Å². The minimum Gasteiger partial charge on any atom is -0.497 e. The highest BCUT2D eigenvalue weighted by Crippen LogP contribution is 2.30. The molecule has 0 spiro atoms. The molecule has 0 fully saturated rings. The molecule has 0 aliphatic carbocycles. The lowest BCUT2D eigenvalue weighted by atomic mass is 10.1. The Hall–Kier alpha value is -3.08. The van der Waals surface area contributed by atoms with Gasteiger partial charge in [-0.3, -0.25) is 0 Å². The van der Waals surface area contributed by atoms with Gasteiger partial charge in [-0.15, -0.1) is 10.2 Å². The SMILES string of the molecule is COc1ccc(Cc2nnc(Sc3cc(C#N)c4cc(Cl)ccc4n3)o2)cc1. The normalized spacial score (nSPS) is 10.8. The number of methoxy groups -OCH3 is 1. The van der Waals surface area contributed by atoms with E-state index in [2.05, 4.69) is 21.3 Å². The molecular formula is C20H13ClN4O2S. The molecule has 4 rings (SSSR count). The third-order valence-corrected chi connectivity index (χ3v) is 5.02. The second kappa shape index (κ2) is 7.89. The third kappa shape index (κ3) is 3.93. The first-order valence-corrected chi connectivity index (χ1v) is 9.47. The van der Waals surface area contributed by atoms with Gasteiger partial charge in [0.25, 0.3) is 5.22 Å². The topological polar surface area (TPSA) is 84.8 Å². The molecule has 0 amide bonds. The van der Waals surface area contributed by atoms with Crippen LogP contribution in [0.3, 0.4) is 0 Å². The number of pyridine rings is 1. The highest BCUT2D eigenvalue weighted by molar-refractivity contribution is 7.99. The number of nitrogens with zero attached hydrogens (tertiary/aromatic N) is 4. The van der Waals surface area contributed by atoms with Gasteiger partial charge < -0.3 is 9.15 Å². The number of nitriles is 1. The van der Waals surface area contributed by atoms with Crippen LogP contribution in [0.15, 0.2) is 63.2 Å². The third-order valence-electron chi connectivity index (χ3n) is 4.02. The number of rotatable bonds is 5. The summed E-state index contributed by atoms with van der Waals surface area (Å²) in [5.74, 6) is 1.29. The molecule has 4 aromatic rings. The van der Waals surface area contributed by atoms with Crippen molar-refractivity contribution in [2.45, 2.75) is 16.7 Å². The lowest BCUT2D eigenvalue weighted by molar-refractivity contribution is 0.413. The van der Waals surface area contributed by atoms with Crippen LogP contribution in [0.5, 0.6) is 5.75 Å². The Balaban J connectivity index is 1.55. The van der Waals surface area contributed by atoms with Crippen LogP contribution in [0.4, 0.5) is 0 Å². The largest absolute Gasteiger partial charge is 0.497 e. The maximum absolute atomic E-state index is 9.43. The number of aromatic nitrogens is 3. The number of halogens is 1. The first-order chi connectivity index (χ1) is 13.6. The molecule has 2 heterocycles. The highest BCUT2D eigenvalue weighted by Gasteiger charge is 2.12. The summed E-state index contributed by atoms with van der Waals surface area (Å²) in [5, 5.41) is 19.8. The second-order valence-corrected chi connectivity index (χ2v) is 7.28. The molecular weight excluding hydrogens is 396 g/mol. The summed E-state index contributed by atoms with van der Waals surface area (Å²) in [4.78, 5) is 4.54. The smallest absolute Gasteiger partial charge is 0.282 e. The van der Waals surface area contributed by atoms with E-state index in [9.17, 15) is 5.26 Å². The van der Waals surface area contributed by atoms with E-state index in [4.69, 9.17) is 20.8 Å². The van der Waals surface area contributed by atoms with Crippen molar-refractivity contribution in [3.05, 3.63) is 70.6 Å². The van der Waals surface area contributed by atoms with Crippen LogP contribution >= 0.6 is 23.4 Å². The van der Waals surface area contributed by atoms with E-state index >= 15 is 0 Å². The van der Waals surface area contributed by atoms with E-state index in [-0.39, 0.29) is 0 Å². The van der Waals surface area contributed by atoms with Crippen molar-refractivity contribution in [1.82, 2.24) is 15.2 Å². The van der Waals surface area contributed by atoms with Gasteiger partial charge in [-0.1, -0.05) is 23.7 Å². The number of fused-ring (bicyclic) bond motifs is 1. The average Bonchev–Trinajstić information content (AvgIpc) is 3.15. The van der Waals surface area contributed by atoms with Crippen molar-refractivity contribution in [1.29, 1.82) is 5.26 Å². The number of benzene rings is 2. The van der Waals surface area contributed by atoms with Crippen molar-refractivity contribution in [3.8, 4) is 11.8 Å². The van der Waals surface area contributed by atoms with Crippen molar-refractivity contribution in [3.63, 3.8) is 0 Å². The predicted molar refractivity (Wildman–Crippen MR) is 106 cm³/mol. The van der Waals surface area contributed by atoms with Gasteiger partial charge in [-0.05, 0) is 53.7 Å². The van der Waals surface area contributed by atoms with E-state index in [0.717, 1.165) is 11.3 Å². The van der Waals surface area contributed by atoms with Crippen LogP contribution in [0.1, 0.15) is 17.0 Å². The Morgan fingerprint density at radius 2 is 1.96 bits per heavy atom. The fourth-order valence-electron chi connectivity index (χ4n) is 2.68. The fraction of sp³-hybridized carbons (Fsp3) is 0.100. The average molecular weight is 409 g/mol. The monoisotopic (exact) mass is 408 g/mol. The predicted octanol–water partition coefficient (Wildman–Crippen LogP) is 4.89. The molecule has 0 unspecified atom stereocenters. The Morgan fingerprint density at radius 1 is 1.14 bits per heavy atom. The van der Waals surface area contributed by atoms with Gasteiger partial charge >= 0.3 is 0 Å². The van der Waals surface area contributed by atoms with E-state index < -0.39 is 0 Å². The fourth-order valence-corrected chi connectivity index (χ4v) is 3.57. The van der Waals surface area contributed by atoms with Gasteiger partial charge in [-0.2, -0.15) is 5.26 Å². The summed E-state index contributed by atoms with van der Waals surface area (Å²) >= 11 is 7.24. The molecule has 28 heavy (non-hydrogen) atoms. The summed E-state index contributed by atoms with van der Waals surface area (Å²) in [6, 6.07) is 16.8. The number of hydrogen-bond donors (Lipinski definition) is 0. The van der Waals surface area contributed by atoms with Crippen molar-refractivity contribution < 1.29 is 9.15 Å². The molecule has 138 valence electrons. The van der Waals surface area contributed by atoms with Gasteiger partial charge in [0, 0.05) is 10.4 Å². The van der Waals surface area contributed by atoms with Crippen LogP contribution in [0.25, 0.3) is 10.9 Å². The number of ether oxygens (including phenoxy) is 1. The summed E-state index contributed by atoms with van der Waals surface area (Å²) in [6.45, 7) is 0. The van der Waals surface area contributed by atoms with E-state index in [1.165, 1.54) is 11.8 Å². The molecule has 0 radical (unpaired) electrons. The molecule has 0 saturated carbocycles. The molecule has 8 heteroatoms. The summed E-state index contributed by atoms with van der Waals surface area (Å²) < 4.78 is 10.9. The molecule has 6 nitrogen and oxygen atoms in total. The number of hydrogen-bond acceptors (Lipinski definition) is 7. The lowest BCUT2D eigenvalue weighted by Crippen LogP contribution is -1.89. The van der Waals surface area contributed by atoms with Crippen LogP contribution in [0, 0.1) is 11.3 Å². The van der Waals surface area contributed by atoms with Crippen LogP contribution in [0.2, 0.25) is 5.02 Å². The van der Waals surface area contributed by atoms with Gasteiger partial charge in [0.2, 0.25) is 5.89 Å². The molecule has 0 bridgehead atoms. The second-order valence-electron chi connectivity index (χ2n) is 5.87. The quantitative estimate of drug-likeness (QED) is 0.464. The van der Waals surface area contributed by atoms with Crippen LogP contribution in [-0.2, 0) is 6.42 Å². The maximum atomic E-state index is 9.43. The molecule has 0 saturated heterocycles. The van der Waals surface area contributed by atoms with Gasteiger partial charge in [0.05, 0.1) is 30.7 Å². The van der Waals surface area contributed by atoms with E-state index in [1.54, 1.807) is 31.4 Å². The summed E-state index contributed by atoms with van der Waals surface area (Å²) in [7, 11) is 1.63. The first kappa shape index (κ1) is 18.3. The van der Waals surface area contributed by atoms with Crippen molar-refractivity contribution in [2.75, 3.05) is 7.11 Å². The van der Waals surface area contributed by atoms with Crippen LogP contribution in [-0.4, -0.2) is 22.3 Å². The zero-order chi connectivity index (χ0) is 19.5. The molecule has 0 aliphatic heterocycles. The minimum atomic E-state index is 0.369.